The van der Waals surface area contributed by atoms with Crippen molar-refractivity contribution >= 4 is 28.2 Å². The summed E-state index contributed by atoms with van der Waals surface area (Å²) in [6.07, 6.45) is 1.10. The molecule has 0 spiro atoms. The highest BCUT2D eigenvalue weighted by atomic mass is 35.5. The maximum Gasteiger partial charge on any atom is 0.418 e. The molecule has 132 valence electrons. The fraction of sp³-hybridized carbons (Fsp3) is 0.250. The van der Waals surface area contributed by atoms with Crippen molar-refractivity contribution in [3.63, 3.8) is 0 Å². The third-order valence-electron chi connectivity index (χ3n) is 4.35. The van der Waals surface area contributed by atoms with Gasteiger partial charge in [-0.25, -0.2) is 9.97 Å². The normalized spacial score (nSPS) is 15.2. The number of hydrogen-bond acceptors (Lipinski definition) is 4. The van der Waals surface area contributed by atoms with E-state index in [1.807, 2.05) is 10.9 Å². The SMILES string of the molecule is FC(F)(F)c1cccc2c1nc(Cl)n1nc(-c3cnn(C4CC4)c3)nc21. The molecule has 5 rings (SSSR count). The average Bonchev–Trinajstić information content (AvgIpc) is 3.15. The van der Waals surface area contributed by atoms with Crippen LogP contribution in [0.15, 0.2) is 30.6 Å². The summed E-state index contributed by atoms with van der Waals surface area (Å²) in [4.78, 5) is 8.30. The molecule has 0 N–H and O–H groups in total. The Labute approximate surface area is 149 Å². The van der Waals surface area contributed by atoms with Crippen molar-refractivity contribution < 1.29 is 13.2 Å². The first kappa shape index (κ1) is 15.6. The minimum absolute atomic E-state index is 0.183. The Morgan fingerprint density at radius 1 is 1.15 bits per heavy atom. The fourth-order valence-electron chi connectivity index (χ4n) is 2.94. The van der Waals surface area contributed by atoms with Gasteiger partial charge in [0.2, 0.25) is 5.28 Å². The molecule has 6 nitrogen and oxygen atoms in total. The molecule has 1 aromatic carbocycles. The molecular formula is C16H10ClF3N6. The predicted octanol–water partition coefficient (Wildman–Crippen LogP) is 4.15. The number of benzene rings is 1. The van der Waals surface area contributed by atoms with E-state index in [9.17, 15) is 13.2 Å². The van der Waals surface area contributed by atoms with Crippen LogP contribution in [0.25, 0.3) is 27.9 Å². The van der Waals surface area contributed by atoms with Crippen LogP contribution in [-0.2, 0) is 6.18 Å². The standard InChI is InChI=1S/C16H10ClF3N6/c17-15-22-12-10(2-1-3-11(12)16(18,19)20)14-23-13(24-26(14)15)8-6-21-25(7-8)9-4-5-9/h1-3,6-7,9H,4-5H2. The largest absolute Gasteiger partial charge is 0.418 e. The van der Waals surface area contributed by atoms with Gasteiger partial charge < -0.3 is 0 Å². The summed E-state index contributed by atoms with van der Waals surface area (Å²) in [5.41, 5.74) is -0.201. The molecule has 0 amide bonds. The zero-order chi connectivity index (χ0) is 18.1. The number of para-hydroxylation sites is 1. The summed E-state index contributed by atoms with van der Waals surface area (Å²) < 4.78 is 42.9. The fourth-order valence-corrected chi connectivity index (χ4v) is 3.14. The molecule has 10 heteroatoms. The Bertz CT molecular complexity index is 1160. The maximum atomic E-state index is 13.3. The monoisotopic (exact) mass is 378 g/mol. The van der Waals surface area contributed by atoms with Crippen LogP contribution in [0.4, 0.5) is 13.2 Å². The number of fused-ring (bicyclic) bond motifs is 3. The molecule has 4 aromatic rings. The second kappa shape index (κ2) is 5.16. The smallest absolute Gasteiger partial charge is 0.269 e. The number of nitrogens with zero attached hydrogens (tertiary/aromatic N) is 6. The zero-order valence-corrected chi connectivity index (χ0v) is 13.8. The van der Waals surface area contributed by atoms with Crippen molar-refractivity contribution in [2.75, 3.05) is 0 Å². The van der Waals surface area contributed by atoms with Gasteiger partial charge in [0.25, 0.3) is 0 Å². The van der Waals surface area contributed by atoms with Crippen LogP contribution in [-0.4, -0.2) is 29.4 Å². The highest BCUT2D eigenvalue weighted by molar-refractivity contribution is 6.29. The van der Waals surface area contributed by atoms with Crippen molar-refractivity contribution in [1.29, 1.82) is 0 Å². The van der Waals surface area contributed by atoms with Crippen molar-refractivity contribution in [1.82, 2.24) is 29.4 Å². The first-order valence-corrected chi connectivity index (χ1v) is 8.26. The average molecular weight is 379 g/mol. The minimum Gasteiger partial charge on any atom is -0.269 e. The minimum atomic E-state index is -4.54. The molecule has 1 aliphatic carbocycles. The molecule has 3 aromatic heterocycles. The summed E-state index contributed by atoms with van der Waals surface area (Å²) in [7, 11) is 0. The van der Waals surface area contributed by atoms with Gasteiger partial charge >= 0.3 is 6.18 Å². The van der Waals surface area contributed by atoms with E-state index >= 15 is 0 Å². The van der Waals surface area contributed by atoms with Gasteiger partial charge in [0.05, 0.1) is 28.9 Å². The van der Waals surface area contributed by atoms with E-state index in [2.05, 4.69) is 20.2 Å². The van der Waals surface area contributed by atoms with Gasteiger partial charge in [-0.15, -0.1) is 5.10 Å². The number of rotatable bonds is 2. The lowest BCUT2D eigenvalue weighted by molar-refractivity contribution is -0.136. The lowest BCUT2D eigenvalue weighted by Gasteiger charge is -2.10. The van der Waals surface area contributed by atoms with E-state index in [0.717, 1.165) is 18.9 Å². The van der Waals surface area contributed by atoms with Crippen LogP contribution in [0, 0.1) is 0 Å². The Hall–Kier alpha value is -2.68. The van der Waals surface area contributed by atoms with E-state index < -0.39 is 11.7 Å². The highest BCUT2D eigenvalue weighted by Gasteiger charge is 2.34. The van der Waals surface area contributed by atoms with Gasteiger partial charge in [0.1, 0.15) is 0 Å². The number of alkyl halides is 3. The maximum absolute atomic E-state index is 13.3. The third kappa shape index (κ3) is 2.34. The number of aromatic nitrogens is 6. The number of halogens is 4. The molecule has 1 aliphatic rings. The lowest BCUT2D eigenvalue weighted by Crippen LogP contribution is -2.07. The van der Waals surface area contributed by atoms with Crippen LogP contribution >= 0.6 is 11.6 Å². The quantitative estimate of drug-likeness (QED) is 0.492. The molecule has 0 unspecified atom stereocenters. The van der Waals surface area contributed by atoms with Crippen LogP contribution in [0.1, 0.15) is 24.4 Å². The molecule has 0 radical (unpaired) electrons. The van der Waals surface area contributed by atoms with Crippen molar-refractivity contribution in [3.8, 4) is 11.4 Å². The molecule has 1 saturated carbocycles. The van der Waals surface area contributed by atoms with Crippen LogP contribution < -0.4 is 0 Å². The van der Waals surface area contributed by atoms with E-state index in [4.69, 9.17) is 11.6 Å². The summed E-state index contributed by atoms with van der Waals surface area (Å²) in [5.74, 6) is 0.338. The summed E-state index contributed by atoms with van der Waals surface area (Å²) in [5, 5.41) is 8.63. The van der Waals surface area contributed by atoms with E-state index in [0.29, 0.717) is 17.4 Å². The summed E-state index contributed by atoms with van der Waals surface area (Å²) in [6.45, 7) is 0. The zero-order valence-electron chi connectivity index (χ0n) is 13.1. The van der Waals surface area contributed by atoms with Crippen molar-refractivity contribution in [2.24, 2.45) is 0 Å². The molecule has 0 saturated heterocycles. The van der Waals surface area contributed by atoms with Crippen LogP contribution in [0.3, 0.4) is 0 Å². The second-order valence-corrected chi connectivity index (χ2v) is 6.53. The molecule has 1 fully saturated rings. The lowest BCUT2D eigenvalue weighted by atomic mass is 10.1. The van der Waals surface area contributed by atoms with Gasteiger partial charge in [-0.3, -0.25) is 4.68 Å². The first-order chi connectivity index (χ1) is 12.4. The second-order valence-electron chi connectivity index (χ2n) is 6.19. The third-order valence-corrected chi connectivity index (χ3v) is 4.59. The van der Waals surface area contributed by atoms with Gasteiger partial charge in [-0.2, -0.15) is 22.8 Å². The first-order valence-electron chi connectivity index (χ1n) is 7.88. The van der Waals surface area contributed by atoms with Gasteiger partial charge in [0.15, 0.2) is 11.5 Å². The van der Waals surface area contributed by atoms with E-state index in [1.165, 1.54) is 16.6 Å². The Morgan fingerprint density at radius 3 is 2.69 bits per heavy atom. The van der Waals surface area contributed by atoms with Gasteiger partial charge in [-0.05, 0) is 36.6 Å². The molecule has 0 aliphatic heterocycles. The summed E-state index contributed by atoms with van der Waals surface area (Å²) >= 11 is 6.09. The van der Waals surface area contributed by atoms with E-state index in [-0.39, 0.29) is 21.8 Å². The van der Waals surface area contributed by atoms with Gasteiger partial charge in [-0.1, -0.05) is 6.07 Å². The van der Waals surface area contributed by atoms with Crippen molar-refractivity contribution in [2.45, 2.75) is 25.1 Å². The molecular weight excluding hydrogens is 369 g/mol. The Kier molecular flexibility index (Phi) is 3.09. The van der Waals surface area contributed by atoms with Gasteiger partial charge in [0, 0.05) is 11.6 Å². The molecule has 26 heavy (non-hydrogen) atoms. The Morgan fingerprint density at radius 2 is 1.96 bits per heavy atom. The predicted molar refractivity (Wildman–Crippen MR) is 87.8 cm³/mol. The highest BCUT2D eigenvalue weighted by Crippen LogP contribution is 2.37. The van der Waals surface area contributed by atoms with Crippen LogP contribution in [0.5, 0.6) is 0 Å². The molecule has 0 atom stereocenters. The number of hydrogen-bond donors (Lipinski definition) is 0. The molecule has 0 bridgehead atoms. The molecule has 3 heterocycles. The topological polar surface area (TPSA) is 60.9 Å². The van der Waals surface area contributed by atoms with Crippen molar-refractivity contribution in [3.05, 3.63) is 41.4 Å². The Balaban J connectivity index is 1.74. The van der Waals surface area contributed by atoms with E-state index in [1.54, 1.807) is 6.20 Å². The summed E-state index contributed by atoms with van der Waals surface area (Å²) in [6, 6.07) is 4.22. The van der Waals surface area contributed by atoms with Crippen LogP contribution in [0.2, 0.25) is 5.28 Å².